The molecule has 2 unspecified atom stereocenters. The van der Waals surface area contributed by atoms with Gasteiger partial charge in [0.2, 0.25) is 0 Å². The summed E-state index contributed by atoms with van der Waals surface area (Å²) in [5, 5.41) is 7.13. The van der Waals surface area contributed by atoms with Crippen molar-refractivity contribution in [1.82, 2.24) is 10.6 Å². The van der Waals surface area contributed by atoms with E-state index >= 15 is 0 Å². The second kappa shape index (κ2) is 11.0. The zero-order valence-electron chi connectivity index (χ0n) is 15.2. The first-order valence-electron chi connectivity index (χ1n) is 9.23. The van der Waals surface area contributed by atoms with Crippen molar-refractivity contribution in [3.05, 3.63) is 71.8 Å². The monoisotopic (exact) mass is 324 g/mol. The number of hydrogen-bond donors (Lipinski definition) is 2. The molecule has 2 nitrogen and oxygen atoms in total. The molecule has 0 aliphatic rings. The molecule has 0 fully saturated rings. The molecule has 0 spiro atoms. The molecule has 0 heterocycles. The zero-order valence-corrected chi connectivity index (χ0v) is 15.2. The van der Waals surface area contributed by atoms with E-state index in [0.29, 0.717) is 11.8 Å². The standard InChI is InChI=1S/C22H32N2/c1-19(15-21-9-5-3-6-10-21)17-23-13-14-24-18-20(2)16-22-11-7-4-8-12-22/h3-12,19-20,23-24H,13-18H2,1-2H3. The van der Waals surface area contributed by atoms with Gasteiger partial charge in [0.05, 0.1) is 0 Å². The summed E-state index contributed by atoms with van der Waals surface area (Å²) in [5.41, 5.74) is 2.86. The van der Waals surface area contributed by atoms with E-state index in [1.165, 1.54) is 11.1 Å². The van der Waals surface area contributed by atoms with Gasteiger partial charge in [0.25, 0.3) is 0 Å². The predicted molar refractivity (Wildman–Crippen MR) is 104 cm³/mol. The van der Waals surface area contributed by atoms with Crippen molar-refractivity contribution >= 4 is 0 Å². The van der Waals surface area contributed by atoms with E-state index in [2.05, 4.69) is 85.1 Å². The third kappa shape index (κ3) is 7.76. The molecule has 0 amide bonds. The average Bonchev–Trinajstić information content (AvgIpc) is 2.60. The van der Waals surface area contributed by atoms with Crippen molar-refractivity contribution in [3.8, 4) is 0 Å². The van der Waals surface area contributed by atoms with E-state index in [9.17, 15) is 0 Å². The molecule has 0 saturated heterocycles. The van der Waals surface area contributed by atoms with Crippen LogP contribution >= 0.6 is 0 Å². The van der Waals surface area contributed by atoms with Gasteiger partial charge in [-0.2, -0.15) is 0 Å². The van der Waals surface area contributed by atoms with Crippen LogP contribution in [0.5, 0.6) is 0 Å². The van der Waals surface area contributed by atoms with E-state index in [-0.39, 0.29) is 0 Å². The lowest BCUT2D eigenvalue weighted by Gasteiger charge is -2.15. The van der Waals surface area contributed by atoms with Gasteiger partial charge in [-0.25, -0.2) is 0 Å². The third-order valence-corrected chi connectivity index (χ3v) is 4.32. The molecule has 24 heavy (non-hydrogen) atoms. The van der Waals surface area contributed by atoms with Gasteiger partial charge >= 0.3 is 0 Å². The molecular formula is C22H32N2. The van der Waals surface area contributed by atoms with Crippen LogP contribution in [0.15, 0.2) is 60.7 Å². The third-order valence-electron chi connectivity index (χ3n) is 4.32. The van der Waals surface area contributed by atoms with E-state index in [4.69, 9.17) is 0 Å². The molecule has 130 valence electrons. The molecule has 2 aromatic rings. The van der Waals surface area contributed by atoms with Crippen molar-refractivity contribution < 1.29 is 0 Å². The minimum Gasteiger partial charge on any atom is -0.315 e. The van der Waals surface area contributed by atoms with Gasteiger partial charge in [0.1, 0.15) is 0 Å². The Bertz CT molecular complexity index is 487. The predicted octanol–water partition coefficient (Wildman–Crippen LogP) is 3.92. The minimum absolute atomic E-state index is 0.671. The van der Waals surface area contributed by atoms with Crippen LogP contribution in [-0.4, -0.2) is 26.2 Å². The molecule has 2 aromatic carbocycles. The van der Waals surface area contributed by atoms with Gasteiger partial charge < -0.3 is 10.6 Å². The second-order valence-corrected chi connectivity index (χ2v) is 7.00. The highest BCUT2D eigenvalue weighted by molar-refractivity contribution is 5.15. The Morgan fingerprint density at radius 3 is 1.38 bits per heavy atom. The van der Waals surface area contributed by atoms with Crippen molar-refractivity contribution in [1.29, 1.82) is 0 Å². The second-order valence-electron chi connectivity index (χ2n) is 7.00. The van der Waals surface area contributed by atoms with Crippen molar-refractivity contribution in [2.45, 2.75) is 26.7 Å². The summed E-state index contributed by atoms with van der Waals surface area (Å²) in [6.07, 6.45) is 2.30. The summed E-state index contributed by atoms with van der Waals surface area (Å²) in [6.45, 7) is 8.87. The number of nitrogens with one attached hydrogen (secondary N) is 2. The van der Waals surface area contributed by atoms with Gasteiger partial charge in [-0.05, 0) is 48.9 Å². The van der Waals surface area contributed by atoms with Crippen molar-refractivity contribution in [2.24, 2.45) is 11.8 Å². The summed E-state index contributed by atoms with van der Waals surface area (Å²) < 4.78 is 0. The van der Waals surface area contributed by atoms with Crippen molar-refractivity contribution in [3.63, 3.8) is 0 Å². The molecular weight excluding hydrogens is 292 g/mol. The van der Waals surface area contributed by atoms with E-state index in [1.54, 1.807) is 0 Å². The Hall–Kier alpha value is -1.64. The number of rotatable bonds is 11. The molecule has 0 bridgehead atoms. The molecule has 0 aliphatic heterocycles. The highest BCUT2D eigenvalue weighted by atomic mass is 14.9. The maximum absolute atomic E-state index is 3.57. The summed E-state index contributed by atoms with van der Waals surface area (Å²) >= 11 is 0. The van der Waals surface area contributed by atoms with Crippen LogP contribution in [0.2, 0.25) is 0 Å². The van der Waals surface area contributed by atoms with Gasteiger partial charge in [0.15, 0.2) is 0 Å². The van der Waals surface area contributed by atoms with Gasteiger partial charge in [0, 0.05) is 13.1 Å². The summed E-state index contributed by atoms with van der Waals surface area (Å²) in [7, 11) is 0. The first-order chi connectivity index (χ1) is 11.7. The average molecular weight is 325 g/mol. The fourth-order valence-corrected chi connectivity index (χ4v) is 3.05. The molecule has 2 atom stereocenters. The first kappa shape index (κ1) is 18.7. The summed E-state index contributed by atoms with van der Waals surface area (Å²) in [5.74, 6) is 1.34. The lowest BCUT2D eigenvalue weighted by molar-refractivity contribution is 0.477. The topological polar surface area (TPSA) is 24.1 Å². The SMILES string of the molecule is CC(CNCCNCC(C)Cc1ccccc1)Cc1ccccc1. The maximum atomic E-state index is 3.57. The molecule has 2 rings (SSSR count). The molecule has 0 radical (unpaired) electrons. The summed E-state index contributed by atoms with van der Waals surface area (Å²) in [6, 6.07) is 21.5. The Labute approximate surface area is 147 Å². The smallest absolute Gasteiger partial charge is 0.00768 e. The van der Waals surface area contributed by atoms with Gasteiger partial charge in [-0.3, -0.25) is 0 Å². The highest BCUT2D eigenvalue weighted by Crippen LogP contribution is 2.08. The van der Waals surface area contributed by atoms with Crippen LogP contribution in [0.4, 0.5) is 0 Å². The first-order valence-corrected chi connectivity index (χ1v) is 9.23. The zero-order chi connectivity index (χ0) is 17.0. The van der Waals surface area contributed by atoms with Crippen LogP contribution in [0, 0.1) is 11.8 Å². The molecule has 0 aliphatic carbocycles. The lowest BCUT2D eigenvalue weighted by Crippen LogP contribution is -2.33. The van der Waals surface area contributed by atoms with Crippen LogP contribution in [-0.2, 0) is 12.8 Å². The number of hydrogen-bond acceptors (Lipinski definition) is 2. The Kier molecular flexibility index (Phi) is 8.58. The normalized spacial score (nSPS) is 13.6. The molecule has 0 saturated carbocycles. The highest BCUT2D eigenvalue weighted by Gasteiger charge is 2.04. The Morgan fingerprint density at radius 2 is 1.00 bits per heavy atom. The van der Waals surface area contributed by atoms with Crippen molar-refractivity contribution in [2.75, 3.05) is 26.2 Å². The largest absolute Gasteiger partial charge is 0.315 e. The molecule has 2 heteroatoms. The van der Waals surface area contributed by atoms with Crippen LogP contribution < -0.4 is 10.6 Å². The van der Waals surface area contributed by atoms with Crippen LogP contribution in [0.25, 0.3) is 0 Å². The molecule has 2 N–H and O–H groups in total. The Morgan fingerprint density at radius 1 is 0.625 bits per heavy atom. The Balaban J connectivity index is 1.49. The quantitative estimate of drug-likeness (QED) is 0.612. The fourth-order valence-electron chi connectivity index (χ4n) is 3.05. The minimum atomic E-state index is 0.671. The maximum Gasteiger partial charge on any atom is 0.00768 e. The lowest BCUT2D eigenvalue weighted by atomic mass is 10.0. The van der Waals surface area contributed by atoms with E-state index < -0.39 is 0 Å². The van der Waals surface area contributed by atoms with Gasteiger partial charge in [-0.1, -0.05) is 74.5 Å². The van der Waals surface area contributed by atoms with Crippen LogP contribution in [0.1, 0.15) is 25.0 Å². The van der Waals surface area contributed by atoms with E-state index in [0.717, 1.165) is 39.0 Å². The molecule has 0 aromatic heterocycles. The van der Waals surface area contributed by atoms with Crippen LogP contribution in [0.3, 0.4) is 0 Å². The summed E-state index contributed by atoms with van der Waals surface area (Å²) in [4.78, 5) is 0. The van der Waals surface area contributed by atoms with Gasteiger partial charge in [-0.15, -0.1) is 0 Å². The number of benzene rings is 2. The van der Waals surface area contributed by atoms with E-state index in [1.807, 2.05) is 0 Å². The fraction of sp³-hybridized carbons (Fsp3) is 0.455.